The fourth-order valence-corrected chi connectivity index (χ4v) is 2.46. The third-order valence-electron chi connectivity index (χ3n) is 3.82. The largest absolute Gasteiger partial charge is 0.469 e. The van der Waals surface area contributed by atoms with E-state index in [1.54, 1.807) is 12.1 Å². The number of piperidine rings is 1. The summed E-state index contributed by atoms with van der Waals surface area (Å²) in [5, 5.41) is 0. The summed E-state index contributed by atoms with van der Waals surface area (Å²) < 4.78 is 4.70. The maximum atomic E-state index is 12.2. The van der Waals surface area contributed by atoms with Crippen LogP contribution in [0.1, 0.15) is 28.8 Å². The highest BCUT2D eigenvalue weighted by molar-refractivity contribution is 6.42. The van der Waals surface area contributed by atoms with Crippen molar-refractivity contribution in [2.45, 2.75) is 19.8 Å². The molecule has 1 aliphatic heterocycles. The molecular weight excluding hydrogens is 270 g/mol. The Bertz CT molecular complexity index is 542. The van der Waals surface area contributed by atoms with Gasteiger partial charge in [0.25, 0.3) is 5.91 Å². The molecule has 0 aliphatic carbocycles. The lowest BCUT2D eigenvalue weighted by Crippen LogP contribution is -2.43. The summed E-state index contributed by atoms with van der Waals surface area (Å²) in [6.45, 7) is 2.75. The topological polar surface area (TPSA) is 63.7 Å². The minimum Gasteiger partial charge on any atom is -0.469 e. The molecule has 1 saturated heterocycles. The molecule has 1 aromatic carbocycles. The van der Waals surface area contributed by atoms with Crippen molar-refractivity contribution < 1.29 is 19.1 Å². The standard InChI is InChI=1S/C16H19NO4/c1-11-3-5-12(6-4-11)14(18)15(19)17-9-7-13(8-10-17)16(20)21-2/h3-6,13H,7-10H2,1-2H3. The monoisotopic (exact) mass is 289 g/mol. The molecule has 0 atom stereocenters. The summed E-state index contributed by atoms with van der Waals surface area (Å²) in [4.78, 5) is 37.3. The van der Waals surface area contributed by atoms with Gasteiger partial charge in [-0.3, -0.25) is 14.4 Å². The fourth-order valence-electron chi connectivity index (χ4n) is 2.46. The Morgan fingerprint density at radius 3 is 2.19 bits per heavy atom. The second kappa shape index (κ2) is 6.52. The van der Waals surface area contributed by atoms with Gasteiger partial charge in [-0.15, -0.1) is 0 Å². The predicted molar refractivity (Wildman–Crippen MR) is 76.8 cm³/mol. The van der Waals surface area contributed by atoms with Crippen LogP contribution in [0.2, 0.25) is 0 Å². The van der Waals surface area contributed by atoms with Crippen LogP contribution in [0.4, 0.5) is 0 Å². The van der Waals surface area contributed by atoms with Gasteiger partial charge >= 0.3 is 5.97 Å². The zero-order chi connectivity index (χ0) is 15.4. The zero-order valence-electron chi connectivity index (χ0n) is 12.3. The Morgan fingerprint density at radius 2 is 1.67 bits per heavy atom. The van der Waals surface area contributed by atoms with Gasteiger partial charge in [-0.1, -0.05) is 29.8 Å². The van der Waals surface area contributed by atoms with E-state index in [0.29, 0.717) is 31.5 Å². The molecule has 0 aromatic heterocycles. The highest BCUT2D eigenvalue weighted by atomic mass is 16.5. The van der Waals surface area contributed by atoms with E-state index >= 15 is 0 Å². The van der Waals surface area contributed by atoms with Crippen molar-refractivity contribution >= 4 is 17.7 Å². The van der Waals surface area contributed by atoms with Gasteiger partial charge in [0.1, 0.15) is 0 Å². The van der Waals surface area contributed by atoms with E-state index in [9.17, 15) is 14.4 Å². The van der Waals surface area contributed by atoms with Crippen LogP contribution in [-0.2, 0) is 14.3 Å². The normalized spacial score (nSPS) is 15.6. The number of amides is 1. The molecule has 2 rings (SSSR count). The van der Waals surface area contributed by atoms with Crippen LogP contribution in [0.25, 0.3) is 0 Å². The summed E-state index contributed by atoms with van der Waals surface area (Å²) >= 11 is 0. The van der Waals surface area contributed by atoms with Gasteiger partial charge in [-0.05, 0) is 19.8 Å². The lowest BCUT2D eigenvalue weighted by molar-refractivity contribution is -0.148. The fraction of sp³-hybridized carbons (Fsp3) is 0.438. The Morgan fingerprint density at radius 1 is 1.10 bits per heavy atom. The summed E-state index contributed by atoms with van der Waals surface area (Å²) in [6, 6.07) is 6.95. The van der Waals surface area contributed by atoms with Crippen molar-refractivity contribution in [2.75, 3.05) is 20.2 Å². The Hall–Kier alpha value is -2.17. The van der Waals surface area contributed by atoms with Crippen LogP contribution in [0.3, 0.4) is 0 Å². The number of rotatable bonds is 3. The first-order chi connectivity index (χ1) is 10.0. The quantitative estimate of drug-likeness (QED) is 0.481. The molecule has 1 heterocycles. The van der Waals surface area contributed by atoms with E-state index in [0.717, 1.165) is 5.56 Å². The summed E-state index contributed by atoms with van der Waals surface area (Å²) in [6.07, 6.45) is 1.08. The zero-order valence-corrected chi connectivity index (χ0v) is 12.3. The number of nitrogens with zero attached hydrogens (tertiary/aromatic N) is 1. The van der Waals surface area contributed by atoms with Crippen molar-refractivity contribution in [1.82, 2.24) is 4.90 Å². The molecule has 0 spiro atoms. The second-order valence-corrected chi connectivity index (χ2v) is 5.28. The first-order valence-electron chi connectivity index (χ1n) is 7.01. The third kappa shape index (κ3) is 3.48. The number of hydrogen-bond acceptors (Lipinski definition) is 4. The minimum atomic E-state index is -0.498. The maximum absolute atomic E-state index is 12.2. The minimum absolute atomic E-state index is 0.173. The highest BCUT2D eigenvalue weighted by Gasteiger charge is 2.30. The first kappa shape index (κ1) is 15.2. The Labute approximate surface area is 123 Å². The number of benzene rings is 1. The van der Waals surface area contributed by atoms with Crippen LogP contribution >= 0.6 is 0 Å². The van der Waals surface area contributed by atoms with E-state index in [-0.39, 0.29) is 11.9 Å². The lowest BCUT2D eigenvalue weighted by atomic mass is 9.96. The number of carbonyl (C=O) groups excluding carboxylic acids is 3. The van der Waals surface area contributed by atoms with Gasteiger partial charge in [-0.25, -0.2) is 0 Å². The number of ether oxygens (including phenoxy) is 1. The summed E-state index contributed by atoms with van der Waals surface area (Å²) in [7, 11) is 1.36. The van der Waals surface area contributed by atoms with E-state index in [1.807, 2.05) is 19.1 Å². The average Bonchev–Trinajstić information content (AvgIpc) is 2.53. The van der Waals surface area contributed by atoms with Crippen LogP contribution in [0, 0.1) is 12.8 Å². The second-order valence-electron chi connectivity index (χ2n) is 5.28. The number of esters is 1. The molecule has 21 heavy (non-hydrogen) atoms. The molecule has 0 N–H and O–H groups in total. The molecule has 1 amide bonds. The third-order valence-corrected chi connectivity index (χ3v) is 3.82. The molecule has 1 aliphatic rings. The van der Waals surface area contributed by atoms with Gasteiger partial charge in [0.05, 0.1) is 13.0 Å². The first-order valence-corrected chi connectivity index (χ1v) is 7.01. The highest BCUT2D eigenvalue weighted by Crippen LogP contribution is 2.19. The van der Waals surface area contributed by atoms with Gasteiger partial charge in [0.15, 0.2) is 0 Å². The average molecular weight is 289 g/mol. The molecule has 1 fully saturated rings. The van der Waals surface area contributed by atoms with E-state index in [1.165, 1.54) is 12.0 Å². The van der Waals surface area contributed by atoms with Crippen molar-refractivity contribution in [3.63, 3.8) is 0 Å². The van der Waals surface area contributed by atoms with Crippen LogP contribution in [-0.4, -0.2) is 42.8 Å². The molecule has 112 valence electrons. The van der Waals surface area contributed by atoms with Gasteiger partial charge in [-0.2, -0.15) is 0 Å². The Balaban J connectivity index is 1.97. The van der Waals surface area contributed by atoms with Crippen molar-refractivity contribution in [3.05, 3.63) is 35.4 Å². The van der Waals surface area contributed by atoms with Gasteiger partial charge in [0, 0.05) is 18.7 Å². The SMILES string of the molecule is COC(=O)C1CCN(C(=O)C(=O)c2ccc(C)cc2)CC1. The Kier molecular flexibility index (Phi) is 4.73. The van der Waals surface area contributed by atoms with Crippen LogP contribution in [0.5, 0.6) is 0 Å². The van der Waals surface area contributed by atoms with Crippen molar-refractivity contribution in [3.8, 4) is 0 Å². The van der Waals surface area contributed by atoms with E-state index < -0.39 is 11.7 Å². The number of likely N-dealkylation sites (tertiary alicyclic amines) is 1. The molecule has 5 nitrogen and oxygen atoms in total. The van der Waals surface area contributed by atoms with Crippen molar-refractivity contribution in [1.29, 1.82) is 0 Å². The number of Topliss-reactive ketones (excluding diaryl/α,β-unsaturated/α-hetero) is 1. The number of methoxy groups -OCH3 is 1. The number of ketones is 1. The number of hydrogen-bond donors (Lipinski definition) is 0. The molecular formula is C16H19NO4. The van der Waals surface area contributed by atoms with Gasteiger partial charge < -0.3 is 9.64 Å². The number of carbonyl (C=O) groups is 3. The van der Waals surface area contributed by atoms with E-state index in [2.05, 4.69) is 0 Å². The van der Waals surface area contributed by atoms with Crippen molar-refractivity contribution in [2.24, 2.45) is 5.92 Å². The summed E-state index contributed by atoms with van der Waals surface area (Å²) in [5.41, 5.74) is 1.44. The molecule has 0 bridgehead atoms. The van der Waals surface area contributed by atoms with Crippen LogP contribution < -0.4 is 0 Å². The lowest BCUT2D eigenvalue weighted by Gasteiger charge is -2.30. The summed E-state index contributed by atoms with van der Waals surface area (Å²) in [5.74, 6) is -1.41. The van der Waals surface area contributed by atoms with E-state index in [4.69, 9.17) is 4.74 Å². The molecule has 0 saturated carbocycles. The predicted octanol–water partition coefficient (Wildman–Crippen LogP) is 1.59. The number of aryl methyl sites for hydroxylation is 1. The van der Waals surface area contributed by atoms with Crippen LogP contribution in [0.15, 0.2) is 24.3 Å². The molecule has 0 radical (unpaired) electrons. The maximum Gasteiger partial charge on any atom is 0.308 e. The van der Waals surface area contributed by atoms with Gasteiger partial charge in [0.2, 0.25) is 5.78 Å². The smallest absolute Gasteiger partial charge is 0.308 e. The molecule has 0 unspecified atom stereocenters. The molecule has 5 heteroatoms. The molecule has 1 aromatic rings.